The highest BCUT2D eigenvalue weighted by atomic mass is 16.5. The molecule has 1 aromatic heterocycles. The zero-order valence-corrected chi connectivity index (χ0v) is 13.1. The number of nitrogens with two attached hydrogens (primary N) is 1. The molecule has 0 unspecified atom stereocenters. The zero-order chi connectivity index (χ0) is 15.9. The largest absolute Gasteiger partial charge is 0.463 e. The van der Waals surface area contributed by atoms with E-state index >= 15 is 0 Å². The van der Waals surface area contributed by atoms with Gasteiger partial charge < -0.3 is 21.1 Å². The Morgan fingerprint density at radius 1 is 1.24 bits per heavy atom. The number of nitrogens with one attached hydrogen (secondary N) is 2. The number of carbonyl (C=O) groups excluding carboxylic acids is 1. The molecule has 1 heterocycles. The predicted octanol–water partition coefficient (Wildman–Crippen LogP) is 1.16. The Bertz CT molecular complexity index is 478. The molecular weight excluding hydrogens is 272 g/mol. The number of amides is 1. The molecule has 8 nitrogen and oxygen atoms in total. The lowest BCUT2D eigenvalue weighted by Gasteiger charge is -2.24. The van der Waals surface area contributed by atoms with Gasteiger partial charge in [0.05, 0.1) is 6.61 Å². The maximum atomic E-state index is 11.1. The highest BCUT2D eigenvalue weighted by molar-refractivity contribution is 5.75. The molecule has 0 aromatic carbocycles. The van der Waals surface area contributed by atoms with Gasteiger partial charge in [0.2, 0.25) is 17.8 Å². The fraction of sp³-hybridized carbons (Fsp3) is 0.692. The molecule has 118 valence electrons. The van der Waals surface area contributed by atoms with Crippen molar-refractivity contribution in [2.45, 2.75) is 46.1 Å². The molecule has 1 aromatic rings. The minimum absolute atomic E-state index is 0.167. The normalized spacial score (nSPS) is 11.0. The van der Waals surface area contributed by atoms with E-state index in [1.165, 1.54) is 0 Å². The molecule has 0 saturated heterocycles. The Morgan fingerprint density at radius 3 is 2.48 bits per heavy atom. The van der Waals surface area contributed by atoms with E-state index in [0.717, 1.165) is 6.42 Å². The summed E-state index contributed by atoms with van der Waals surface area (Å²) in [7, 11) is 0. The van der Waals surface area contributed by atoms with Gasteiger partial charge in [0.25, 0.3) is 0 Å². The van der Waals surface area contributed by atoms with Crippen LogP contribution < -0.4 is 21.1 Å². The van der Waals surface area contributed by atoms with Crippen LogP contribution in [0, 0.1) is 0 Å². The standard InChI is InChI=1S/C13H24N6O2/c1-5-7-21-12-17-10(15-6-2)16-11(18-12)19-13(3,4)8-9(14)20/h5-8H2,1-4H3,(H2,14,20)(H2,15,16,17,18,19). The summed E-state index contributed by atoms with van der Waals surface area (Å²) in [6.45, 7) is 8.85. The number of primary amides is 1. The van der Waals surface area contributed by atoms with Crippen LogP contribution in [0.1, 0.15) is 40.5 Å². The fourth-order valence-corrected chi connectivity index (χ4v) is 1.69. The summed E-state index contributed by atoms with van der Waals surface area (Å²) in [4.78, 5) is 23.7. The molecule has 0 atom stereocenters. The van der Waals surface area contributed by atoms with E-state index in [1.807, 2.05) is 27.7 Å². The maximum Gasteiger partial charge on any atom is 0.323 e. The Kier molecular flexibility index (Phi) is 6.13. The van der Waals surface area contributed by atoms with E-state index in [9.17, 15) is 4.79 Å². The molecular formula is C13H24N6O2. The van der Waals surface area contributed by atoms with Gasteiger partial charge in [-0.05, 0) is 27.2 Å². The minimum atomic E-state index is -0.557. The van der Waals surface area contributed by atoms with Gasteiger partial charge in [0, 0.05) is 18.5 Å². The van der Waals surface area contributed by atoms with Crippen molar-refractivity contribution < 1.29 is 9.53 Å². The van der Waals surface area contributed by atoms with Crippen LogP contribution in [-0.4, -0.2) is 39.5 Å². The maximum absolute atomic E-state index is 11.1. The van der Waals surface area contributed by atoms with Crippen LogP contribution in [-0.2, 0) is 4.79 Å². The van der Waals surface area contributed by atoms with Gasteiger partial charge in [-0.1, -0.05) is 6.92 Å². The summed E-state index contributed by atoms with van der Waals surface area (Å²) in [6, 6.07) is 0.250. The van der Waals surface area contributed by atoms with Crippen LogP contribution in [0.3, 0.4) is 0 Å². The number of hydrogen-bond acceptors (Lipinski definition) is 7. The molecule has 1 rings (SSSR count). The molecule has 4 N–H and O–H groups in total. The number of anilines is 2. The van der Waals surface area contributed by atoms with E-state index < -0.39 is 11.4 Å². The van der Waals surface area contributed by atoms with Crippen LogP contribution in [0.25, 0.3) is 0 Å². The summed E-state index contributed by atoms with van der Waals surface area (Å²) in [5, 5.41) is 6.10. The van der Waals surface area contributed by atoms with Crippen molar-refractivity contribution in [2.75, 3.05) is 23.8 Å². The molecule has 0 radical (unpaired) electrons. The molecule has 0 bridgehead atoms. The lowest BCUT2D eigenvalue weighted by atomic mass is 10.0. The summed E-state index contributed by atoms with van der Waals surface area (Å²) in [5.41, 5.74) is 4.68. The van der Waals surface area contributed by atoms with Gasteiger partial charge in [-0.3, -0.25) is 4.79 Å². The lowest BCUT2D eigenvalue weighted by molar-refractivity contribution is -0.118. The first-order chi connectivity index (χ1) is 9.86. The third kappa shape index (κ3) is 6.24. The molecule has 0 spiro atoms. The number of aromatic nitrogens is 3. The molecule has 1 amide bonds. The molecule has 0 aliphatic heterocycles. The van der Waals surface area contributed by atoms with Crippen LogP contribution in [0.2, 0.25) is 0 Å². The number of ether oxygens (including phenoxy) is 1. The van der Waals surface area contributed by atoms with Gasteiger partial charge in [0.1, 0.15) is 0 Å². The van der Waals surface area contributed by atoms with E-state index in [4.69, 9.17) is 10.5 Å². The van der Waals surface area contributed by atoms with Crippen molar-refractivity contribution in [1.29, 1.82) is 0 Å². The van der Waals surface area contributed by atoms with Crippen LogP contribution in [0.15, 0.2) is 0 Å². The monoisotopic (exact) mass is 296 g/mol. The van der Waals surface area contributed by atoms with Crippen LogP contribution in [0.4, 0.5) is 11.9 Å². The van der Waals surface area contributed by atoms with Crippen molar-refractivity contribution in [2.24, 2.45) is 5.73 Å². The second kappa shape index (κ2) is 7.61. The van der Waals surface area contributed by atoms with E-state index in [2.05, 4.69) is 25.6 Å². The van der Waals surface area contributed by atoms with Gasteiger partial charge in [0.15, 0.2) is 0 Å². The van der Waals surface area contributed by atoms with Gasteiger partial charge in [-0.15, -0.1) is 0 Å². The topological polar surface area (TPSA) is 115 Å². The van der Waals surface area contributed by atoms with E-state index in [1.54, 1.807) is 0 Å². The highest BCUT2D eigenvalue weighted by Gasteiger charge is 2.22. The molecule has 0 saturated carbocycles. The second-order valence-corrected chi connectivity index (χ2v) is 5.30. The van der Waals surface area contributed by atoms with Crippen molar-refractivity contribution in [1.82, 2.24) is 15.0 Å². The van der Waals surface area contributed by atoms with Crippen LogP contribution in [0.5, 0.6) is 6.01 Å². The zero-order valence-electron chi connectivity index (χ0n) is 13.1. The quantitative estimate of drug-likeness (QED) is 0.626. The third-order valence-electron chi connectivity index (χ3n) is 2.45. The summed E-state index contributed by atoms with van der Waals surface area (Å²) >= 11 is 0. The first kappa shape index (κ1) is 16.9. The Balaban J connectivity index is 2.93. The van der Waals surface area contributed by atoms with Crippen molar-refractivity contribution in [3.63, 3.8) is 0 Å². The second-order valence-electron chi connectivity index (χ2n) is 5.30. The fourth-order valence-electron chi connectivity index (χ4n) is 1.69. The average molecular weight is 296 g/mol. The number of hydrogen-bond donors (Lipinski definition) is 3. The van der Waals surface area contributed by atoms with Gasteiger partial charge in [-0.2, -0.15) is 15.0 Å². The minimum Gasteiger partial charge on any atom is -0.463 e. The van der Waals surface area contributed by atoms with Crippen molar-refractivity contribution in [3.8, 4) is 6.01 Å². The van der Waals surface area contributed by atoms with Gasteiger partial charge >= 0.3 is 6.01 Å². The van der Waals surface area contributed by atoms with E-state index in [0.29, 0.717) is 25.0 Å². The van der Waals surface area contributed by atoms with Crippen LogP contribution >= 0.6 is 0 Å². The number of nitrogens with zero attached hydrogens (tertiary/aromatic N) is 3. The summed E-state index contributed by atoms with van der Waals surface area (Å²) in [5.74, 6) is 0.380. The molecule has 0 aliphatic carbocycles. The number of carbonyl (C=O) groups is 1. The number of rotatable bonds is 9. The first-order valence-electron chi connectivity index (χ1n) is 7.05. The molecule has 0 fully saturated rings. The molecule has 0 aliphatic rings. The molecule has 8 heteroatoms. The Hall–Kier alpha value is -2.12. The van der Waals surface area contributed by atoms with Crippen molar-refractivity contribution in [3.05, 3.63) is 0 Å². The van der Waals surface area contributed by atoms with Gasteiger partial charge in [-0.25, -0.2) is 0 Å². The van der Waals surface area contributed by atoms with Crippen molar-refractivity contribution >= 4 is 17.8 Å². The Morgan fingerprint density at radius 2 is 1.90 bits per heavy atom. The summed E-state index contributed by atoms with van der Waals surface area (Å²) in [6.07, 6.45) is 1.03. The van der Waals surface area contributed by atoms with E-state index in [-0.39, 0.29) is 12.4 Å². The SMILES string of the molecule is CCCOc1nc(NCC)nc(NC(C)(C)CC(N)=O)n1. The Labute approximate surface area is 124 Å². The average Bonchev–Trinajstić information content (AvgIpc) is 2.34. The predicted molar refractivity (Wildman–Crippen MR) is 81.3 cm³/mol. The molecule has 21 heavy (non-hydrogen) atoms. The smallest absolute Gasteiger partial charge is 0.323 e. The third-order valence-corrected chi connectivity index (χ3v) is 2.45. The summed E-state index contributed by atoms with van der Waals surface area (Å²) < 4.78 is 5.44. The highest BCUT2D eigenvalue weighted by Crippen LogP contribution is 2.18. The first-order valence-corrected chi connectivity index (χ1v) is 7.05. The lowest BCUT2D eigenvalue weighted by Crippen LogP contribution is -2.36.